The van der Waals surface area contributed by atoms with Crippen molar-refractivity contribution in [1.29, 1.82) is 5.26 Å². The van der Waals surface area contributed by atoms with E-state index in [9.17, 15) is 22.9 Å². The Balaban J connectivity index is 1.49. The van der Waals surface area contributed by atoms with Crippen molar-refractivity contribution in [2.45, 2.75) is 44.6 Å². The van der Waals surface area contributed by atoms with E-state index in [1.807, 2.05) is 13.0 Å². The summed E-state index contributed by atoms with van der Waals surface area (Å²) in [5, 5.41) is 13.8. The number of amides is 1. The Morgan fingerprint density at radius 1 is 1.02 bits per heavy atom. The quantitative estimate of drug-likeness (QED) is 0.366. The number of rotatable bonds is 5. The molecule has 0 saturated heterocycles. The second kappa shape index (κ2) is 10.0. The summed E-state index contributed by atoms with van der Waals surface area (Å²) in [4.78, 5) is 15.6. The number of aryl methyl sites for hydroxylation is 1. The zero-order valence-corrected chi connectivity index (χ0v) is 23.4. The maximum absolute atomic E-state index is 13.9. The number of sulfonamides is 1. The second-order valence-corrected chi connectivity index (χ2v) is 12.4. The third-order valence-electron chi connectivity index (χ3n) is 6.64. The highest BCUT2D eigenvalue weighted by molar-refractivity contribution is 7.89. The van der Waals surface area contributed by atoms with Crippen LogP contribution in [0.1, 0.15) is 48.1 Å². The van der Waals surface area contributed by atoms with Crippen LogP contribution in [-0.4, -0.2) is 36.2 Å². The van der Waals surface area contributed by atoms with Gasteiger partial charge in [-0.1, -0.05) is 30.3 Å². The van der Waals surface area contributed by atoms with Gasteiger partial charge < -0.3 is 4.90 Å². The van der Waals surface area contributed by atoms with Crippen LogP contribution in [0.5, 0.6) is 0 Å². The Hall–Kier alpha value is -4.33. The highest BCUT2D eigenvalue weighted by Crippen LogP contribution is 2.32. The van der Waals surface area contributed by atoms with E-state index >= 15 is 0 Å². The van der Waals surface area contributed by atoms with E-state index in [1.165, 1.54) is 22.9 Å². The zero-order valence-electron chi connectivity index (χ0n) is 22.6. The number of nitriles is 1. The second-order valence-electron chi connectivity index (χ2n) is 10.7. The molecule has 10 heteroatoms. The lowest BCUT2D eigenvalue weighted by Crippen LogP contribution is -2.40. The van der Waals surface area contributed by atoms with Gasteiger partial charge in [0.2, 0.25) is 10.0 Å². The Labute approximate surface area is 232 Å². The van der Waals surface area contributed by atoms with Gasteiger partial charge in [0.05, 0.1) is 21.8 Å². The summed E-state index contributed by atoms with van der Waals surface area (Å²) in [7, 11) is -3.77. The molecular weight excluding hydrogens is 529 g/mol. The standard InChI is InChI=1S/C30H28FN5O3S/c1-19-24-15-16-35(29(37)28(24)36(33-19)23-13-14-26(31)21(17-23)18-32)22-11-9-20(10-12-22)25-7-5-6-8-27(25)40(38,39)34-30(2,3)4/h5-14,17,34H,15-16H2,1-4H3. The summed E-state index contributed by atoms with van der Waals surface area (Å²) in [5.41, 5.74) is 3.43. The molecule has 1 aliphatic heterocycles. The first-order valence-corrected chi connectivity index (χ1v) is 14.2. The molecular formula is C30H28FN5O3S. The topological polar surface area (TPSA) is 108 Å². The van der Waals surface area contributed by atoms with E-state index in [0.717, 1.165) is 5.56 Å². The highest BCUT2D eigenvalue weighted by Gasteiger charge is 2.32. The Kier molecular flexibility index (Phi) is 6.82. The van der Waals surface area contributed by atoms with Crippen molar-refractivity contribution in [1.82, 2.24) is 14.5 Å². The maximum Gasteiger partial charge on any atom is 0.277 e. The van der Waals surface area contributed by atoms with Gasteiger partial charge in [0.15, 0.2) is 0 Å². The monoisotopic (exact) mass is 557 g/mol. The van der Waals surface area contributed by atoms with Gasteiger partial charge in [-0.25, -0.2) is 22.2 Å². The molecule has 1 aromatic heterocycles. The molecule has 0 fully saturated rings. The van der Waals surface area contributed by atoms with Gasteiger partial charge in [0, 0.05) is 28.9 Å². The normalized spacial score (nSPS) is 13.7. The third kappa shape index (κ3) is 5.01. The molecule has 1 amide bonds. The molecule has 0 saturated carbocycles. The van der Waals surface area contributed by atoms with Crippen molar-refractivity contribution in [2.24, 2.45) is 0 Å². The van der Waals surface area contributed by atoms with Crippen LogP contribution in [0.3, 0.4) is 0 Å². The summed E-state index contributed by atoms with van der Waals surface area (Å²) in [6.45, 7) is 7.62. The van der Waals surface area contributed by atoms with E-state index in [2.05, 4.69) is 9.82 Å². The van der Waals surface area contributed by atoms with Gasteiger partial charge in [-0.2, -0.15) is 10.4 Å². The van der Waals surface area contributed by atoms with E-state index in [0.29, 0.717) is 46.9 Å². The van der Waals surface area contributed by atoms with E-state index in [-0.39, 0.29) is 16.4 Å². The lowest BCUT2D eigenvalue weighted by Gasteiger charge is -2.28. The lowest BCUT2D eigenvalue weighted by molar-refractivity contribution is 0.0973. The minimum atomic E-state index is -3.77. The predicted molar refractivity (Wildman–Crippen MR) is 150 cm³/mol. The smallest absolute Gasteiger partial charge is 0.277 e. The number of nitrogens with one attached hydrogen (secondary N) is 1. The Bertz CT molecular complexity index is 1780. The van der Waals surface area contributed by atoms with Crippen molar-refractivity contribution >= 4 is 21.6 Å². The maximum atomic E-state index is 13.9. The fourth-order valence-electron chi connectivity index (χ4n) is 4.91. The summed E-state index contributed by atoms with van der Waals surface area (Å²) in [5.74, 6) is -0.907. The summed E-state index contributed by atoms with van der Waals surface area (Å²) >= 11 is 0. The SMILES string of the molecule is Cc1nn(-c2ccc(F)c(C#N)c2)c2c1CCN(c1ccc(-c3ccccc3S(=O)(=O)NC(C)(C)C)cc1)C2=O. The molecule has 0 bridgehead atoms. The van der Waals surface area contributed by atoms with E-state index in [1.54, 1.807) is 74.2 Å². The first-order chi connectivity index (χ1) is 18.9. The number of hydrogen-bond donors (Lipinski definition) is 1. The lowest BCUT2D eigenvalue weighted by atomic mass is 10.0. The van der Waals surface area contributed by atoms with Gasteiger partial charge in [0.1, 0.15) is 17.6 Å². The van der Waals surface area contributed by atoms with Crippen LogP contribution in [-0.2, 0) is 16.4 Å². The van der Waals surface area contributed by atoms with Crippen molar-refractivity contribution in [3.05, 3.63) is 95.1 Å². The largest absolute Gasteiger partial charge is 0.307 e. The van der Waals surface area contributed by atoms with Crippen molar-refractivity contribution in [2.75, 3.05) is 11.4 Å². The average Bonchev–Trinajstić information content (AvgIpc) is 3.25. The number of carbonyl (C=O) groups is 1. The Morgan fingerprint density at radius 2 is 1.70 bits per heavy atom. The number of benzene rings is 3. The molecule has 0 atom stereocenters. The highest BCUT2D eigenvalue weighted by atomic mass is 32.2. The molecule has 1 N–H and O–H groups in total. The number of hydrogen-bond acceptors (Lipinski definition) is 5. The van der Waals surface area contributed by atoms with Crippen LogP contribution in [0.25, 0.3) is 16.8 Å². The first-order valence-electron chi connectivity index (χ1n) is 12.7. The molecule has 1 aliphatic rings. The summed E-state index contributed by atoms with van der Waals surface area (Å²) in [6, 6.07) is 19.9. The number of nitrogens with zero attached hydrogens (tertiary/aromatic N) is 4. The van der Waals surface area contributed by atoms with Gasteiger partial charge in [-0.15, -0.1) is 0 Å². The number of carbonyl (C=O) groups excluding carboxylic acids is 1. The molecule has 0 spiro atoms. The predicted octanol–water partition coefficient (Wildman–Crippen LogP) is 5.14. The van der Waals surface area contributed by atoms with Crippen molar-refractivity contribution in [3.8, 4) is 22.9 Å². The number of halogens is 1. The number of aromatic nitrogens is 2. The molecule has 40 heavy (non-hydrogen) atoms. The molecule has 3 aromatic carbocycles. The van der Waals surface area contributed by atoms with Crippen LogP contribution in [0.15, 0.2) is 71.6 Å². The molecule has 0 radical (unpaired) electrons. The van der Waals surface area contributed by atoms with Crippen LogP contribution in [0.2, 0.25) is 0 Å². The average molecular weight is 558 g/mol. The molecule has 5 rings (SSSR count). The van der Waals surface area contributed by atoms with E-state index in [4.69, 9.17) is 0 Å². The van der Waals surface area contributed by atoms with Crippen molar-refractivity contribution < 1.29 is 17.6 Å². The summed E-state index contributed by atoms with van der Waals surface area (Å²) in [6.07, 6.45) is 0.570. The van der Waals surface area contributed by atoms with Crippen LogP contribution in [0.4, 0.5) is 10.1 Å². The summed E-state index contributed by atoms with van der Waals surface area (Å²) < 4.78 is 44.3. The zero-order chi connectivity index (χ0) is 28.8. The van der Waals surface area contributed by atoms with Crippen molar-refractivity contribution in [3.63, 3.8) is 0 Å². The Morgan fingerprint density at radius 3 is 2.38 bits per heavy atom. The van der Waals surface area contributed by atoms with Gasteiger partial charge in [-0.05, 0) is 76.1 Å². The number of fused-ring (bicyclic) bond motifs is 1. The van der Waals surface area contributed by atoms with Gasteiger partial charge in [0.25, 0.3) is 5.91 Å². The minimum absolute atomic E-state index is 0.130. The first kappa shape index (κ1) is 27.2. The van der Waals surface area contributed by atoms with Crippen LogP contribution in [0, 0.1) is 24.1 Å². The van der Waals surface area contributed by atoms with Crippen LogP contribution >= 0.6 is 0 Å². The molecule has 204 valence electrons. The fourth-order valence-corrected chi connectivity index (χ4v) is 6.56. The fraction of sp³-hybridized carbons (Fsp3) is 0.233. The molecule has 0 aliphatic carbocycles. The van der Waals surface area contributed by atoms with Gasteiger partial charge in [-0.3, -0.25) is 4.79 Å². The van der Waals surface area contributed by atoms with Crippen LogP contribution < -0.4 is 9.62 Å². The molecule has 4 aromatic rings. The molecule has 2 heterocycles. The molecule has 0 unspecified atom stereocenters. The van der Waals surface area contributed by atoms with E-state index < -0.39 is 21.4 Å². The van der Waals surface area contributed by atoms with Gasteiger partial charge >= 0.3 is 0 Å². The third-order valence-corrected chi connectivity index (χ3v) is 8.46. The minimum Gasteiger partial charge on any atom is -0.307 e. The molecule has 8 nitrogen and oxygen atoms in total. The number of anilines is 1.